The molecule has 0 N–H and O–H groups in total. The van der Waals surface area contributed by atoms with E-state index in [9.17, 15) is 30.7 Å². The smallest absolute Gasteiger partial charge is 0.203 e. The van der Waals surface area contributed by atoms with Gasteiger partial charge in [0.2, 0.25) is 5.82 Å². The third-order valence-electron chi connectivity index (χ3n) is 2.66. The third-order valence-corrected chi connectivity index (χ3v) is 2.66. The van der Waals surface area contributed by atoms with E-state index in [1.165, 1.54) is 6.07 Å². The Bertz CT molecular complexity index is 621. The van der Waals surface area contributed by atoms with Crippen molar-refractivity contribution in [1.82, 2.24) is 0 Å². The van der Waals surface area contributed by atoms with E-state index in [4.69, 9.17) is 0 Å². The highest BCUT2D eigenvalue weighted by Gasteiger charge is 2.43. The van der Waals surface area contributed by atoms with Crippen LogP contribution >= 0.6 is 0 Å². The lowest BCUT2D eigenvalue weighted by Crippen LogP contribution is -2.22. The zero-order valence-electron chi connectivity index (χ0n) is 9.53. The van der Waals surface area contributed by atoms with Gasteiger partial charge < -0.3 is 0 Å². The van der Waals surface area contributed by atoms with Crippen LogP contribution in [-0.2, 0) is 5.92 Å². The summed E-state index contributed by atoms with van der Waals surface area (Å²) in [5.74, 6) is -16.7. The SMILES string of the molecule is Fc1c(F)c(F)c(C(F)(F)c2ccccc2)c(F)c1F. The highest BCUT2D eigenvalue weighted by atomic mass is 19.3. The average molecular weight is 294 g/mol. The summed E-state index contributed by atoms with van der Waals surface area (Å²) in [4.78, 5) is 0. The first-order valence-electron chi connectivity index (χ1n) is 5.23. The van der Waals surface area contributed by atoms with Crippen LogP contribution in [0.15, 0.2) is 30.3 Å². The fourth-order valence-electron chi connectivity index (χ4n) is 1.67. The molecule has 0 heterocycles. The fraction of sp³-hybridized carbons (Fsp3) is 0.0769. The first-order chi connectivity index (χ1) is 9.28. The van der Waals surface area contributed by atoms with Crippen molar-refractivity contribution < 1.29 is 30.7 Å². The Hall–Kier alpha value is -2.05. The molecule has 2 rings (SSSR count). The summed E-state index contributed by atoms with van der Waals surface area (Å²) >= 11 is 0. The van der Waals surface area contributed by atoms with Crippen LogP contribution in [0.25, 0.3) is 0 Å². The Balaban J connectivity index is 2.76. The monoisotopic (exact) mass is 294 g/mol. The molecule has 2 aromatic rings. The van der Waals surface area contributed by atoms with E-state index < -0.39 is 46.1 Å². The van der Waals surface area contributed by atoms with Crippen molar-refractivity contribution >= 4 is 0 Å². The van der Waals surface area contributed by atoms with Crippen molar-refractivity contribution in [2.24, 2.45) is 0 Å². The van der Waals surface area contributed by atoms with Crippen molar-refractivity contribution in [3.8, 4) is 0 Å². The van der Waals surface area contributed by atoms with Crippen LogP contribution in [0.4, 0.5) is 30.7 Å². The van der Waals surface area contributed by atoms with E-state index in [2.05, 4.69) is 0 Å². The minimum atomic E-state index is -4.36. The molecule has 0 spiro atoms. The molecule has 0 fully saturated rings. The Morgan fingerprint density at radius 2 is 1.00 bits per heavy atom. The van der Waals surface area contributed by atoms with Crippen molar-refractivity contribution in [3.05, 3.63) is 70.5 Å². The largest absolute Gasteiger partial charge is 0.304 e. The summed E-state index contributed by atoms with van der Waals surface area (Å²) in [6.45, 7) is 0. The summed E-state index contributed by atoms with van der Waals surface area (Å²) < 4.78 is 93.4. The van der Waals surface area contributed by atoms with Gasteiger partial charge in [0.05, 0.1) is 0 Å². The predicted molar refractivity (Wildman–Crippen MR) is 55.7 cm³/mol. The molecule has 0 aliphatic carbocycles. The molecular weight excluding hydrogens is 289 g/mol. The minimum absolute atomic E-state index is 0.818. The average Bonchev–Trinajstić information content (AvgIpc) is 2.44. The molecule has 0 aromatic heterocycles. The molecule has 0 radical (unpaired) electrons. The van der Waals surface area contributed by atoms with Crippen LogP contribution in [0.3, 0.4) is 0 Å². The number of alkyl halides is 2. The van der Waals surface area contributed by atoms with Crippen molar-refractivity contribution in [2.75, 3.05) is 0 Å². The normalized spacial score (nSPS) is 11.8. The second-order valence-electron chi connectivity index (χ2n) is 3.89. The minimum Gasteiger partial charge on any atom is -0.203 e. The molecule has 0 atom stereocenters. The van der Waals surface area contributed by atoms with Crippen molar-refractivity contribution in [2.45, 2.75) is 5.92 Å². The molecule has 0 saturated heterocycles. The Morgan fingerprint density at radius 3 is 1.45 bits per heavy atom. The number of benzene rings is 2. The Kier molecular flexibility index (Phi) is 3.45. The fourth-order valence-corrected chi connectivity index (χ4v) is 1.67. The van der Waals surface area contributed by atoms with E-state index >= 15 is 0 Å². The highest BCUT2D eigenvalue weighted by Crippen LogP contribution is 2.40. The summed E-state index contributed by atoms with van der Waals surface area (Å²) in [5, 5.41) is 0. The lowest BCUT2D eigenvalue weighted by atomic mass is 9.98. The Labute approximate surface area is 108 Å². The summed E-state index contributed by atoms with van der Waals surface area (Å²) in [7, 11) is 0. The molecule has 0 unspecified atom stereocenters. The van der Waals surface area contributed by atoms with Gasteiger partial charge in [-0.1, -0.05) is 30.3 Å². The molecule has 0 amide bonds. The van der Waals surface area contributed by atoms with Crippen molar-refractivity contribution in [3.63, 3.8) is 0 Å². The lowest BCUT2D eigenvalue weighted by molar-refractivity contribution is 0.0324. The van der Waals surface area contributed by atoms with E-state index in [0.717, 1.165) is 24.3 Å². The van der Waals surface area contributed by atoms with Gasteiger partial charge in [-0.15, -0.1) is 0 Å². The van der Waals surface area contributed by atoms with Crippen LogP contribution in [0.5, 0.6) is 0 Å². The molecular formula is C13H5F7. The number of hydrogen-bond acceptors (Lipinski definition) is 0. The lowest BCUT2D eigenvalue weighted by Gasteiger charge is -2.19. The van der Waals surface area contributed by atoms with Crippen LogP contribution < -0.4 is 0 Å². The van der Waals surface area contributed by atoms with Gasteiger partial charge in [0.25, 0.3) is 0 Å². The second-order valence-corrected chi connectivity index (χ2v) is 3.89. The zero-order chi connectivity index (χ0) is 15.1. The number of halogens is 7. The van der Waals surface area contributed by atoms with Gasteiger partial charge >= 0.3 is 5.92 Å². The highest BCUT2D eigenvalue weighted by molar-refractivity contribution is 5.36. The second kappa shape index (κ2) is 4.81. The van der Waals surface area contributed by atoms with Crippen LogP contribution in [0.1, 0.15) is 11.1 Å². The molecule has 20 heavy (non-hydrogen) atoms. The van der Waals surface area contributed by atoms with Gasteiger partial charge in [-0.25, -0.2) is 22.0 Å². The van der Waals surface area contributed by atoms with E-state index in [1.807, 2.05) is 0 Å². The maximum Gasteiger partial charge on any atom is 0.304 e. The molecule has 106 valence electrons. The summed E-state index contributed by atoms with van der Waals surface area (Å²) in [6, 6.07) is 5.29. The van der Waals surface area contributed by atoms with Crippen LogP contribution in [-0.4, -0.2) is 0 Å². The topological polar surface area (TPSA) is 0 Å². The molecule has 7 heteroatoms. The molecule has 0 aliphatic heterocycles. The zero-order valence-corrected chi connectivity index (χ0v) is 9.53. The predicted octanol–water partition coefficient (Wildman–Crippen LogP) is 4.52. The first-order valence-corrected chi connectivity index (χ1v) is 5.23. The molecule has 2 aromatic carbocycles. The summed E-state index contributed by atoms with van der Waals surface area (Å²) in [5.41, 5.74) is -3.05. The first kappa shape index (κ1) is 14.4. The van der Waals surface area contributed by atoms with Crippen LogP contribution in [0.2, 0.25) is 0 Å². The summed E-state index contributed by atoms with van der Waals surface area (Å²) in [6.07, 6.45) is 0. The maximum absolute atomic E-state index is 14.0. The molecule has 0 nitrogen and oxygen atoms in total. The van der Waals surface area contributed by atoms with Gasteiger partial charge in [-0.2, -0.15) is 8.78 Å². The van der Waals surface area contributed by atoms with Gasteiger partial charge in [-0.3, -0.25) is 0 Å². The van der Waals surface area contributed by atoms with Gasteiger partial charge in [0, 0.05) is 5.56 Å². The van der Waals surface area contributed by atoms with Crippen molar-refractivity contribution in [1.29, 1.82) is 0 Å². The van der Waals surface area contributed by atoms with Gasteiger partial charge in [0.1, 0.15) is 5.56 Å². The Morgan fingerprint density at radius 1 is 0.600 bits per heavy atom. The molecule has 0 saturated carbocycles. The molecule has 0 aliphatic rings. The number of hydrogen-bond donors (Lipinski definition) is 0. The maximum atomic E-state index is 14.0. The standard InChI is InChI=1S/C13H5F7/c14-8-7(9(15)11(17)12(18)10(8)16)13(19,20)6-4-2-1-3-5-6/h1-5H. The van der Waals surface area contributed by atoms with Gasteiger partial charge in [0.15, 0.2) is 23.3 Å². The third kappa shape index (κ3) is 2.03. The quantitative estimate of drug-likeness (QED) is 0.434. The van der Waals surface area contributed by atoms with Crippen LogP contribution in [0, 0.1) is 29.1 Å². The van der Waals surface area contributed by atoms with E-state index in [-0.39, 0.29) is 0 Å². The van der Waals surface area contributed by atoms with Gasteiger partial charge in [-0.05, 0) is 0 Å². The number of rotatable bonds is 2. The molecule has 0 bridgehead atoms. The van der Waals surface area contributed by atoms with E-state index in [1.54, 1.807) is 0 Å². The van der Waals surface area contributed by atoms with E-state index in [0.29, 0.717) is 0 Å².